The summed E-state index contributed by atoms with van der Waals surface area (Å²) in [6.07, 6.45) is 3.65. The van der Waals surface area contributed by atoms with E-state index in [9.17, 15) is 23.3 Å². The van der Waals surface area contributed by atoms with Crippen molar-refractivity contribution in [3.05, 3.63) is 88.6 Å². The highest BCUT2D eigenvalue weighted by atomic mass is 32.2. The van der Waals surface area contributed by atoms with Crippen LogP contribution in [0.1, 0.15) is 23.2 Å². The molecule has 5 rings (SSSR count). The number of carbonyl (C=O) groups excluding carboxylic acids is 1. The van der Waals surface area contributed by atoms with Gasteiger partial charge in [-0.15, -0.1) is 0 Å². The topological polar surface area (TPSA) is 153 Å². The third-order valence-corrected chi connectivity index (χ3v) is 7.75. The Morgan fingerprint density at radius 2 is 1.97 bits per heavy atom. The number of rotatable bonds is 9. The maximum atomic E-state index is 13.1. The molecule has 4 aromatic rings. The van der Waals surface area contributed by atoms with E-state index in [1.807, 2.05) is 16.9 Å². The van der Waals surface area contributed by atoms with Crippen LogP contribution in [0.3, 0.4) is 0 Å². The molecule has 1 aromatic heterocycles. The van der Waals surface area contributed by atoms with Gasteiger partial charge in [0.2, 0.25) is 0 Å². The molecule has 39 heavy (non-hydrogen) atoms. The molecule has 1 atom stereocenters. The molecule has 202 valence electrons. The normalized spacial score (nSPS) is 15.5. The van der Waals surface area contributed by atoms with Crippen LogP contribution in [0, 0.1) is 16.0 Å². The number of nitrogens with one attached hydrogen (secondary N) is 3. The lowest BCUT2D eigenvalue weighted by atomic mass is 10.0. The van der Waals surface area contributed by atoms with Crippen molar-refractivity contribution >= 4 is 38.2 Å². The monoisotopic (exact) mass is 550 g/mol. The van der Waals surface area contributed by atoms with Crippen molar-refractivity contribution in [2.24, 2.45) is 5.92 Å². The number of carbonyl (C=O) groups is 1. The van der Waals surface area contributed by atoms with E-state index < -0.39 is 31.4 Å². The lowest BCUT2D eigenvalue weighted by Gasteiger charge is -2.22. The fourth-order valence-corrected chi connectivity index (χ4v) is 5.39. The summed E-state index contributed by atoms with van der Waals surface area (Å²) in [6.45, 7) is 1.72. The molecular formula is C27H26N4O7S. The van der Waals surface area contributed by atoms with Gasteiger partial charge >= 0.3 is 0 Å². The Labute approximate surface area is 224 Å². The maximum Gasteiger partial charge on any atom is 0.293 e. The number of hydrogen-bond donors (Lipinski definition) is 3. The summed E-state index contributed by atoms with van der Waals surface area (Å²) >= 11 is 0. The van der Waals surface area contributed by atoms with Crippen LogP contribution in [0.25, 0.3) is 10.9 Å². The van der Waals surface area contributed by atoms with Gasteiger partial charge in [-0.05, 0) is 67.3 Å². The van der Waals surface area contributed by atoms with E-state index in [4.69, 9.17) is 9.47 Å². The summed E-state index contributed by atoms with van der Waals surface area (Å²) in [5.41, 5.74) is 0.676. The molecule has 0 aliphatic carbocycles. The predicted octanol–water partition coefficient (Wildman–Crippen LogP) is 4.83. The highest BCUT2D eigenvalue weighted by Crippen LogP contribution is 2.30. The fraction of sp³-hybridized carbons (Fsp3) is 0.222. The highest BCUT2D eigenvalue weighted by molar-refractivity contribution is 7.90. The first kappa shape index (κ1) is 26.2. The third kappa shape index (κ3) is 6.02. The summed E-state index contributed by atoms with van der Waals surface area (Å²) in [5, 5.41) is 15.7. The zero-order valence-corrected chi connectivity index (χ0v) is 21.6. The zero-order chi connectivity index (χ0) is 27.4. The Morgan fingerprint density at radius 3 is 2.77 bits per heavy atom. The molecule has 0 radical (unpaired) electrons. The van der Waals surface area contributed by atoms with Crippen LogP contribution in [0.2, 0.25) is 0 Å². The van der Waals surface area contributed by atoms with Crippen LogP contribution >= 0.6 is 0 Å². The fourth-order valence-electron chi connectivity index (χ4n) is 4.40. The van der Waals surface area contributed by atoms with Crippen LogP contribution in [-0.4, -0.2) is 44.0 Å². The summed E-state index contributed by atoms with van der Waals surface area (Å²) in [5.74, 6) is -0.121. The van der Waals surface area contributed by atoms with E-state index in [0.29, 0.717) is 25.5 Å². The van der Waals surface area contributed by atoms with Crippen molar-refractivity contribution in [1.29, 1.82) is 0 Å². The van der Waals surface area contributed by atoms with E-state index in [2.05, 4.69) is 10.3 Å². The molecule has 12 heteroatoms. The van der Waals surface area contributed by atoms with E-state index in [1.54, 1.807) is 36.5 Å². The summed E-state index contributed by atoms with van der Waals surface area (Å²) in [4.78, 5) is 26.8. The number of nitrogens with zero attached hydrogens (tertiary/aromatic N) is 1. The number of para-hydroxylation sites is 1. The number of nitro groups is 1. The van der Waals surface area contributed by atoms with E-state index in [1.165, 1.54) is 18.2 Å². The zero-order valence-electron chi connectivity index (χ0n) is 20.8. The Kier molecular flexibility index (Phi) is 7.48. The van der Waals surface area contributed by atoms with Gasteiger partial charge in [-0.2, -0.15) is 0 Å². The Balaban J connectivity index is 1.33. The molecule has 0 spiro atoms. The second-order valence-electron chi connectivity index (χ2n) is 9.16. The van der Waals surface area contributed by atoms with Crippen molar-refractivity contribution in [2.45, 2.75) is 17.7 Å². The van der Waals surface area contributed by atoms with E-state index in [0.717, 1.165) is 29.8 Å². The quantitative estimate of drug-likeness (QED) is 0.198. The van der Waals surface area contributed by atoms with Gasteiger partial charge in [0.15, 0.2) is 0 Å². The van der Waals surface area contributed by atoms with Gasteiger partial charge in [0.25, 0.3) is 21.6 Å². The Morgan fingerprint density at radius 1 is 1.13 bits per heavy atom. The highest BCUT2D eigenvalue weighted by Gasteiger charge is 2.25. The number of aromatic nitrogens is 1. The van der Waals surface area contributed by atoms with Crippen LogP contribution in [0.4, 0.5) is 11.4 Å². The van der Waals surface area contributed by atoms with Gasteiger partial charge in [-0.25, -0.2) is 13.1 Å². The first-order chi connectivity index (χ1) is 18.8. The lowest BCUT2D eigenvalue weighted by Crippen LogP contribution is -2.31. The molecule has 0 unspecified atom stereocenters. The summed E-state index contributed by atoms with van der Waals surface area (Å²) in [7, 11) is -4.44. The van der Waals surface area contributed by atoms with Gasteiger partial charge in [0.1, 0.15) is 17.2 Å². The molecule has 3 aromatic carbocycles. The lowest BCUT2D eigenvalue weighted by molar-refractivity contribution is -0.384. The minimum atomic E-state index is -4.44. The molecule has 1 aliphatic heterocycles. The first-order valence-corrected chi connectivity index (χ1v) is 13.8. The number of aromatic amines is 1. The van der Waals surface area contributed by atoms with Crippen molar-refractivity contribution in [3.63, 3.8) is 0 Å². The van der Waals surface area contributed by atoms with Crippen molar-refractivity contribution in [2.75, 3.05) is 25.1 Å². The smallest absolute Gasteiger partial charge is 0.293 e. The van der Waals surface area contributed by atoms with Crippen LogP contribution < -0.4 is 14.8 Å². The maximum absolute atomic E-state index is 13.1. The minimum Gasteiger partial charge on any atom is -0.457 e. The first-order valence-electron chi connectivity index (χ1n) is 12.3. The van der Waals surface area contributed by atoms with Gasteiger partial charge in [-0.3, -0.25) is 14.9 Å². The number of benzene rings is 3. The molecule has 11 nitrogen and oxygen atoms in total. The molecule has 1 aliphatic rings. The molecule has 1 saturated heterocycles. The average molecular weight is 551 g/mol. The Bertz CT molecular complexity index is 1630. The van der Waals surface area contributed by atoms with Crippen LogP contribution in [0.5, 0.6) is 11.5 Å². The van der Waals surface area contributed by atoms with E-state index in [-0.39, 0.29) is 22.9 Å². The number of sulfonamides is 1. The number of nitro benzene ring substituents is 1. The predicted molar refractivity (Wildman–Crippen MR) is 145 cm³/mol. The van der Waals surface area contributed by atoms with Crippen LogP contribution in [-0.2, 0) is 14.8 Å². The van der Waals surface area contributed by atoms with Crippen molar-refractivity contribution < 1.29 is 27.6 Å². The third-order valence-electron chi connectivity index (χ3n) is 6.42. The standard InChI is InChI=1S/C27H26N4O7S/c32-27(22-5-1-2-6-26(22)38-20-7-9-23-19(14-20)11-12-28-23)30-39(35,36)21-8-10-24(25(15-21)31(33)34)29-16-18-4-3-13-37-17-18/h1-2,5-12,14-15,18,28-29H,3-4,13,16-17H2,(H,30,32)/t18-/m1/s1. The second-order valence-corrected chi connectivity index (χ2v) is 10.8. The number of amides is 1. The molecule has 1 fully saturated rings. The molecule has 1 amide bonds. The van der Waals surface area contributed by atoms with Crippen LogP contribution in [0.15, 0.2) is 77.8 Å². The SMILES string of the molecule is O=C(NS(=O)(=O)c1ccc(NC[C@H]2CCCOC2)c([N+](=O)[O-])c1)c1ccccc1Oc1ccc2[nH]ccc2c1. The molecule has 2 heterocycles. The Hall–Kier alpha value is -4.42. The van der Waals surface area contributed by atoms with Crippen molar-refractivity contribution in [3.8, 4) is 11.5 Å². The summed E-state index contributed by atoms with van der Waals surface area (Å²) in [6, 6.07) is 16.9. The molecule has 3 N–H and O–H groups in total. The summed E-state index contributed by atoms with van der Waals surface area (Å²) < 4.78 is 39.4. The number of H-pyrrole nitrogens is 1. The number of ether oxygens (including phenoxy) is 2. The average Bonchev–Trinajstić information content (AvgIpc) is 3.40. The molecular weight excluding hydrogens is 524 g/mol. The number of hydrogen-bond acceptors (Lipinski definition) is 8. The largest absolute Gasteiger partial charge is 0.457 e. The molecule has 0 bridgehead atoms. The van der Waals surface area contributed by atoms with Gasteiger partial charge in [0.05, 0.1) is 22.0 Å². The van der Waals surface area contributed by atoms with Crippen molar-refractivity contribution in [1.82, 2.24) is 9.71 Å². The minimum absolute atomic E-state index is 0.0160. The van der Waals surface area contributed by atoms with Gasteiger partial charge in [-0.1, -0.05) is 12.1 Å². The van der Waals surface area contributed by atoms with E-state index >= 15 is 0 Å². The molecule has 0 saturated carbocycles. The second kappa shape index (κ2) is 11.1. The number of fused-ring (bicyclic) bond motifs is 1. The van der Waals surface area contributed by atoms with Gasteiger partial charge in [0, 0.05) is 36.3 Å². The number of anilines is 1. The van der Waals surface area contributed by atoms with Gasteiger partial charge < -0.3 is 19.8 Å².